The van der Waals surface area contributed by atoms with Gasteiger partial charge in [0.1, 0.15) is 5.69 Å². The highest BCUT2D eigenvalue weighted by molar-refractivity contribution is 6.38. The predicted octanol–water partition coefficient (Wildman–Crippen LogP) is 3.50. The van der Waals surface area contributed by atoms with Gasteiger partial charge < -0.3 is 14.8 Å². The molecule has 1 atom stereocenters. The largest absolute Gasteiger partial charge is 0.346 e. The topological polar surface area (TPSA) is 54.3 Å². The van der Waals surface area contributed by atoms with Crippen LogP contribution in [0.4, 0.5) is 0 Å². The number of aryl methyl sites for hydroxylation is 1. The first-order valence-corrected chi connectivity index (χ1v) is 9.77. The van der Waals surface area contributed by atoms with Gasteiger partial charge >= 0.3 is 0 Å². The van der Waals surface area contributed by atoms with Crippen LogP contribution >= 0.6 is 11.6 Å². The molecule has 0 radical (unpaired) electrons. The van der Waals surface area contributed by atoms with Crippen LogP contribution in [0.25, 0.3) is 10.9 Å². The van der Waals surface area contributed by atoms with Crippen LogP contribution in [0.1, 0.15) is 49.0 Å². The number of carbonyl (C=O) groups excluding carboxylic acids is 2. The van der Waals surface area contributed by atoms with Crippen molar-refractivity contribution in [3.05, 3.63) is 35.0 Å². The van der Waals surface area contributed by atoms with Crippen molar-refractivity contribution in [1.29, 1.82) is 0 Å². The molecule has 2 amide bonds. The van der Waals surface area contributed by atoms with Crippen molar-refractivity contribution in [2.45, 2.75) is 50.6 Å². The fourth-order valence-electron chi connectivity index (χ4n) is 4.43. The van der Waals surface area contributed by atoms with E-state index in [0.29, 0.717) is 29.7 Å². The number of fused-ring (bicyclic) bond motifs is 1. The van der Waals surface area contributed by atoms with Crippen LogP contribution in [0.2, 0.25) is 5.02 Å². The van der Waals surface area contributed by atoms with Crippen molar-refractivity contribution >= 4 is 34.3 Å². The summed E-state index contributed by atoms with van der Waals surface area (Å²) < 4.78 is 1.82. The molecule has 6 heteroatoms. The number of carbonyl (C=O) groups is 2. The standard InChI is InChI=1S/C20H24ClN3O2/c1-23-16-10-6-5-9-15(16)18(21)19(23)20(26)22-13-11-17(25)24(12-13)14-7-3-2-4-8-14/h5-6,9-10,13-14H,2-4,7-8,11-12H2,1H3,(H,22,26). The van der Waals surface area contributed by atoms with Gasteiger partial charge in [0.05, 0.1) is 11.1 Å². The van der Waals surface area contributed by atoms with Gasteiger partial charge in [0, 0.05) is 37.0 Å². The minimum absolute atomic E-state index is 0.147. The van der Waals surface area contributed by atoms with Crippen LogP contribution < -0.4 is 5.32 Å². The highest BCUT2D eigenvalue weighted by Gasteiger charge is 2.36. The maximum absolute atomic E-state index is 12.9. The van der Waals surface area contributed by atoms with Crippen molar-refractivity contribution in [2.24, 2.45) is 7.05 Å². The fraction of sp³-hybridized carbons (Fsp3) is 0.500. The average Bonchev–Trinajstić information content (AvgIpc) is 3.14. The number of halogens is 1. The molecule has 0 bridgehead atoms. The van der Waals surface area contributed by atoms with Crippen molar-refractivity contribution in [1.82, 2.24) is 14.8 Å². The minimum Gasteiger partial charge on any atom is -0.346 e. The minimum atomic E-state index is -0.211. The number of hydrogen-bond donors (Lipinski definition) is 1. The molecule has 2 fully saturated rings. The zero-order chi connectivity index (χ0) is 18.3. The number of para-hydroxylation sites is 1. The van der Waals surface area contributed by atoms with Crippen LogP contribution in [0.3, 0.4) is 0 Å². The Balaban J connectivity index is 1.50. The SMILES string of the molecule is Cn1c(C(=O)NC2CC(=O)N(C3CCCCC3)C2)c(Cl)c2ccccc21. The predicted molar refractivity (Wildman–Crippen MR) is 102 cm³/mol. The maximum Gasteiger partial charge on any atom is 0.269 e. The van der Waals surface area contributed by atoms with E-state index in [-0.39, 0.29) is 17.9 Å². The number of aromatic nitrogens is 1. The lowest BCUT2D eigenvalue weighted by atomic mass is 9.94. The van der Waals surface area contributed by atoms with Gasteiger partial charge in [-0.3, -0.25) is 9.59 Å². The number of benzene rings is 1. The summed E-state index contributed by atoms with van der Waals surface area (Å²) in [6, 6.07) is 7.90. The van der Waals surface area contributed by atoms with Crippen LogP contribution in [0.15, 0.2) is 24.3 Å². The third kappa shape index (κ3) is 2.98. The summed E-state index contributed by atoms with van der Waals surface area (Å²) in [6.45, 7) is 0.608. The van der Waals surface area contributed by atoms with Gasteiger partial charge in [0.15, 0.2) is 0 Å². The molecule has 1 aromatic carbocycles. The van der Waals surface area contributed by atoms with Crippen molar-refractivity contribution in [3.8, 4) is 0 Å². The average molecular weight is 374 g/mol. The lowest BCUT2D eigenvalue weighted by Crippen LogP contribution is -2.41. The third-order valence-corrected chi connectivity index (χ3v) is 6.15. The van der Waals surface area contributed by atoms with Crippen molar-refractivity contribution in [3.63, 3.8) is 0 Å². The Bertz CT molecular complexity index is 815. The lowest BCUT2D eigenvalue weighted by Gasteiger charge is -2.31. The van der Waals surface area contributed by atoms with Gasteiger partial charge in [-0.25, -0.2) is 0 Å². The second kappa shape index (κ2) is 6.95. The van der Waals surface area contributed by atoms with Gasteiger partial charge in [0.2, 0.25) is 5.91 Å². The van der Waals surface area contributed by atoms with E-state index < -0.39 is 0 Å². The molecule has 1 saturated heterocycles. The van der Waals surface area contributed by atoms with E-state index in [2.05, 4.69) is 5.32 Å². The fourth-order valence-corrected chi connectivity index (χ4v) is 4.80. The van der Waals surface area contributed by atoms with Crippen LogP contribution in [0.5, 0.6) is 0 Å². The zero-order valence-electron chi connectivity index (χ0n) is 15.0. The molecule has 5 nitrogen and oxygen atoms in total. The van der Waals surface area contributed by atoms with Crippen LogP contribution in [0, 0.1) is 0 Å². The van der Waals surface area contributed by atoms with Crippen molar-refractivity contribution < 1.29 is 9.59 Å². The summed E-state index contributed by atoms with van der Waals surface area (Å²) in [5, 5.41) is 4.37. The number of amides is 2. The highest BCUT2D eigenvalue weighted by Crippen LogP contribution is 2.30. The smallest absolute Gasteiger partial charge is 0.269 e. The molecule has 138 valence electrons. The van der Waals surface area contributed by atoms with E-state index >= 15 is 0 Å². The Morgan fingerprint density at radius 3 is 2.65 bits per heavy atom. The van der Waals surface area contributed by atoms with Gasteiger partial charge in [0.25, 0.3) is 5.91 Å². The normalized spacial score (nSPS) is 21.5. The number of rotatable bonds is 3. The molecular formula is C20H24ClN3O2. The molecule has 1 saturated carbocycles. The number of hydrogen-bond acceptors (Lipinski definition) is 2. The first-order valence-electron chi connectivity index (χ1n) is 9.39. The Morgan fingerprint density at radius 2 is 1.92 bits per heavy atom. The van der Waals surface area contributed by atoms with E-state index in [1.165, 1.54) is 19.3 Å². The van der Waals surface area contributed by atoms with Gasteiger partial charge in [-0.15, -0.1) is 0 Å². The Kier molecular flexibility index (Phi) is 4.65. The summed E-state index contributed by atoms with van der Waals surface area (Å²) >= 11 is 6.46. The second-order valence-corrected chi connectivity index (χ2v) is 7.83. The summed E-state index contributed by atoms with van der Waals surface area (Å²) in [4.78, 5) is 27.3. The van der Waals surface area contributed by atoms with Gasteiger partial charge in [-0.05, 0) is 18.9 Å². The molecule has 2 aromatic rings. The second-order valence-electron chi connectivity index (χ2n) is 7.45. The van der Waals surface area contributed by atoms with E-state index in [0.717, 1.165) is 23.7 Å². The summed E-state index contributed by atoms with van der Waals surface area (Å²) in [5.41, 5.74) is 1.38. The molecule has 26 heavy (non-hydrogen) atoms. The molecular weight excluding hydrogens is 350 g/mol. The molecule has 1 aromatic heterocycles. The summed E-state index contributed by atoms with van der Waals surface area (Å²) in [7, 11) is 1.84. The third-order valence-electron chi connectivity index (χ3n) is 5.77. The van der Waals surface area contributed by atoms with Crippen molar-refractivity contribution in [2.75, 3.05) is 6.54 Å². The number of nitrogens with zero attached hydrogens (tertiary/aromatic N) is 2. The molecule has 4 rings (SSSR count). The molecule has 0 spiro atoms. The lowest BCUT2D eigenvalue weighted by molar-refractivity contribution is -0.130. The molecule has 2 aliphatic rings. The molecule has 1 unspecified atom stereocenters. The maximum atomic E-state index is 12.9. The van der Waals surface area contributed by atoms with Gasteiger partial charge in [-0.1, -0.05) is 49.1 Å². The Hall–Kier alpha value is -2.01. The number of nitrogens with one attached hydrogen (secondary N) is 1. The van der Waals surface area contributed by atoms with Crippen LogP contribution in [-0.2, 0) is 11.8 Å². The molecule has 1 N–H and O–H groups in total. The Morgan fingerprint density at radius 1 is 1.19 bits per heavy atom. The first-order chi connectivity index (χ1) is 12.6. The van der Waals surface area contributed by atoms with E-state index in [1.807, 2.05) is 40.8 Å². The summed E-state index contributed by atoms with van der Waals surface area (Å²) in [6.07, 6.45) is 6.19. The quantitative estimate of drug-likeness (QED) is 0.895. The monoisotopic (exact) mass is 373 g/mol. The summed E-state index contributed by atoms with van der Waals surface area (Å²) in [5.74, 6) is -0.0534. The highest BCUT2D eigenvalue weighted by atomic mass is 35.5. The van der Waals surface area contributed by atoms with E-state index in [1.54, 1.807) is 0 Å². The number of likely N-dealkylation sites (tertiary alicyclic amines) is 1. The first kappa shape index (κ1) is 17.4. The molecule has 1 aliphatic carbocycles. The Labute approximate surface area is 158 Å². The van der Waals surface area contributed by atoms with E-state index in [4.69, 9.17) is 11.6 Å². The van der Waals surface area contributed by atoms with E-state index in [9.17, 15) is 9.59 Å². The molecule has 2 heterocycles. The van der Waals surface area contributed by atoms with Crippen LogP contribution in [-0.4, -0.2) is 39.9 Å². The van der Waals surface area contributed by atoms with Gasteiger partial charge in [-0.2, -0.15) is 0 Å². The molecule has 1 aliphatic heterocycles. The zero-order valence-corrected chi connectivity index (χ0v) is 15.8.